The van der Waals surface area contributed by atoms with Crippen molar-refractivity contribution in [3.05, 3.63) is 94.5 Å². The maximum atomic E-state index is 13.5. The minimum atomic E-state index is -4.49. The van der Waals surface area contributed by atoms with E-state index in [1.54, 1.807) is 31.2 Å². The van der Waals surface area contributed by atoms with Gasteiger partial charge in [0.15, 0.2) is 0 Å². The van der Waals surface area contributed by atoms with Crippen LogP contribution in [0.25, 0.3) is 0 Å². The summed E-state index contributed by atoms with van der Waals surface area (Å²) in [4.78, 5) is 28.1. The molecule has 8 heteroatoms. The van der Waals surface area contributed by atoms with E-state index in [1.165, 1.54) is 17.0 Å². The first kappa shape index (κ1) is 24.3. The number of carbonyl (C=O) groups excluding carboxylic acids is 2. The van der Waals surface area contributed by atoms with Crippen LogP contribution in [0.3, 0.4) is 0 Å². The quantitative estimate of drug-likeness (QED) is 0.474. The van der Waals surface area contributed by atoms with E-state index in [-0.39, 0.29) is 24.1 Å². The summed E-state index contributed by atoms with van der Waals surface area (Å²) >= 11 is 0. The topological polar surface area (TPSA) is 58.6 Å². The van der Waals surface area contributed by atoms with Crippen LogP contribution in [0.4, 0.5) is 18.9 Å². The van der Waals surface area contributed by atoms with Gasteiger partial charge in [0.25, 0.3) is 11.8 Å². The second-order valence-corrected chi connectivity index (χ2v) is 8.66. The number of nitrogens with one attached hydrogen (secondary N) is 1. The van der Waals surface area contributed by atoms with E-state index >= 15 is 0 Å². The first-order chi connectivity index (χ1) is 16.6. The van der Waals surface area contributed by atoms with Crippen LogP contribution < -0.4 is 10.1 Å². The molecule has 3 aromatic carbocycles. The van der Waals surface area contributed by atoms with E-state index in [0.717, 1.165) is 23.3 Å². The van der Waals surface area contributed by atoms with Gasteiger partial charge in [0.1, 0.15) is 17.9 Å². The molecule has 0 saturated heterocycles. The second-order valence-electron chi connectivity index (χ2n) is 8.66. The lowest BCUT2D eigenvalue weighted by atomic mass is 10.0. The van der Waals surface area contributed by atoms with Crippen LogP contribution in [-0.4, -0.2) is 29.4 Å². The molecule has 3 aromatic rings. The van der Waals surface area contributed by atoms with Crippen molar-refractivity contribution in [2.24, 2.45) is 0 Å². The van der Waals surface area contributed by atoms with Crippen molar-refractivity contribution >= 4 is 17.5 Å². The van der Waals surface area contributed by atoms with E-state index < -0.39 is 23.9 Å². The zero-order valence-corrected chi connectivity index (χ0v) is 19.5. The number of carbonyl (C=O) groups is 2. The third kappa shape index (κ3) is 5.01. The molecule has 0 bridgehead atoms. The van der Waals surface area contributed by atoms with Crippen molar-refractivity contribution in [3.63, 3.8) is 0 Å². The Labute approximate surface area is 201 Å². The van der Waals surface area contributed by atoms with Crippen LogP contribution in [-0.2, 0) is 11.0 Å². The Morgan fingerprint density at radius 1 is 1.03 bits per heavy atom. The molecule has 1 aliphatic heterocycles. The average Bonchev–Trinajstić information content (AvgIpc) is 3.07. The summed E-state index contributed by atoms with van der Waals surface area (Å²) in [6.07, 6.45) is -5.17. The molecule has 182 valence electrons. The fourth-order valence-electron chi connectivity index (χ4n) is 4.34. The van der Waals surface area contributed by atoms with Crippen LogP contribution in [0.15, 0.2) is 66.7 Å². The van der Waals surface area contributed by atoms with Crippen molar-refractivity contribution in [1.29, 1.82) is 0 Å². The molecular formula is C27H25F3N2O3. The summed E-state index contributed by atoms with van der Waals surface area (Å²) in [6.45, 7) is 5.43. The Kier molecular flexibility index (Phi) is 6.56. The number of hydrogen-bond acceptors (Lipinski definition) is 3. The van der Waals surface area contributed by atoms with E-state index in [9.17, 15) is 22.8 Å². The minimum Gasteiger partial charge on any atom is -0.489 e. The number of nitrogens with zero attached hydrogens (tertiary/aromatic N) is 1. The number of ether oxygens (including phenoxy) is 1. The third-order valence-electron chi connectivity index (χ3n) is 5.99. The van der Waals surface area contributed by atoms with Gasteiger partial charge in [-0.15, -0.1) is 0 Å². The summed E-state index contributed by atoms with van der Waals surface area (Å²) in [5.41, 5.74) is 2.64. The van der Waals surface area contributed by atoms with Crippen molar-refractivity contribution in [1.82, 2.24) is 4.90 Å². The predicted molar refractivity (Wildman–Crippen MR) is 126 cm³/mol. The number of halogens is 3. The molecule has 35 heavy (non-hydrogen) atoms. The van der Waals surface area contributed by atoms with Gasteiger partial charge in [0.2, 0.25) is 0 Å². The van der Waals surface area contributed by atoms with Gasteiger partial charge >= 0.3 is 6.18 Å². The molecule has 0 fully saturated rings. The lowest BCUT2D eigenvalue weighted by Crippen LogP contribution is -2.41. The number of fused-ring (bicyclic) bond motifs is 1. The Hall–Kier alpha value is -3.81. The number of aryl methyl sites for hydroxylation is 2. The van der Waals surface area contributed by atoms with E-state index in [0.29, 0.717) is 16.8 Å². The normalized spacial score (nSPS) is 16.1. The molecule has 2 unspecified atom stereocenters. The molecule has 0 spiro atoms. The van der Waals surface area contributed by atoms with Crippen LogP contribution in [0.2, 0.25) is 0 Å². The van der Waals surface area contributed by atoms with Gasteiger partial charge < -0.3 is 15.0 Å². The number of para-hydroxylation sites is 1. The number of rotatable bonds is 6. The smallest absolute Gasteiger partial charge is 0.416 e. The SMILES string of the molecule is Cc1cccc(C)c1NC(=O)C1c2ccccc2C(=O)N1CC(C)Oc1cccc(C(F)(F)F)c1. The Balaban J connectivity index is 1.58. The molecule has 0 radical (unpaired) electrons. The molecule has 2 amide bonds. The van der Waals surface area contributed by atoms with Crippen molar-refractivity contribution in [3.8, 4) is 5.75 Å². The molecule has 1 heterocycles. The van der Waals surface area contributed by atoms with Gasteiger partial charge in [0.05, 0.1) is 12.1 Å². The Bertz CT molecular complexity index is 1250. The predicted octanol–water partition coefficient (Wildman–Crippen LogP) is 5.93. The van der Waals surface area contributed by atoms with E-state index in [2.05, 4.69) is 5.32 Å². The van der Waals surface area contributed by atoms with Gasteiger partial charge in [-0.05, 0) is 61.7 Å². The molecule has 0 aromatic heterocycles. The fourth-order valence-corrected chi connectivity index (χ4v) is 4.34. The molecule has 0 aliphatic carbocycles. The van der Waals surface area contributed by atoms with Crippen molar-refractivity contribution < 1.29 is 27.5 Å². The Morgan fingerprint density at radius 2 is 1.69 bits per heavy atom. The number of benzene rings is 3. The first-order valence-electron chi connectivity index (χ1n) is 11.2. The maximum absolute atomic E-state index is 13.5. The van der Waals surface area contributed by atoms with E-state index in [4.69, 9.17) is 4.74 Å². The lowest BCUT2D eigenvalue weighted by molar-refractivity contribution is -0.137. The fraction of sp³-hybridized carbons (Fsp3) is 0.259. The first-order valence-corrected chi connectivity index (χ1v) is 11.2. The minimum absolute atomic E-state index is 0.00853. The van der Waals surface area contributed by atoms with E-state index in [1.807, 2.05) is 32.0 Å². The molecule has 5 nitrogen and oxygen atoms in total. The zero-order valence-electron chi connectivity index (χ0n) is 19.5. The number of anilines is 1. The molecular weight excluding hydrogens is 457 g/mol. The molecule has 4 rings (SSSR count). The largest absolute Gasteiger partial charge is 0.489 e. The van der Waals surface area contributed by atoms with Crippen LogP contribution in [0.5, 0.6) is 5.75 Å². The van der Waals surface area contributed by atoms with Crippen molar-refractivity contribution in [2.45, 2.75) is 39.1 Å². The summed E-state index contributed by atoms with van der Waals surface area (Å²) in [5, 5.41) is 2.96. The molecule has 1 N–H and O–H groups in total. The van der Waals surface area contributed by atoms with Crippen LogP contribution >= 0.6 is 0 Å². The highest BCUT2D eigenvalue weighted by atomic mass is 19.4. The van der Waals surface area contributed by atoms with Gasteiger partial charge in [-0.2, -0.15) is 13.2 Å². The van der Waals surface area contributed by atoms with Gasteiger partial charge in [-0.25, -0.2) is 0 Å². The molecule has 2 atom stereocenters. The second kappa shape index (κ2) is 9.44. The third-order valence-corrected chi connectivity index (χ3v) is 5.99. The van der Waals surface area contributed by atoms with Crippen LogP contribution in [0, 0.1) is 13.8 Å². The highest BCUT2D eigenvalue weighted by molar-refractivity contribution is 6.08. The van der Waals surface area contributed by atoms with Gasteiger partial charge in [-0.3, -0.25) is 9.59 Å². The highest BCUT2D eigenvalue weighted by Crippen LogP contribution is 2.36. The summed E-state index contributed by atoms with van der Waals surface area (Å²) in [6, 6.07) is 16.2. The lowest BCUT2D eigenvalue weighted by Gasteiger charge is -2.28. The summed E-state index contributed by atoms with van der Waals surface area (Å²) in [7, 11) is 0. The molecule has 1 aliphatic rings. The summed E-state index contributed by atoms with van der Waals surface area (Å²) < 4.78 is 44.9. The van der Waals surface area contributed by atoms with Crippen LogP contribution in [0.1, 0.15) is 45.6 Å². The van der Waals surface area contributed by atoms with Gasteiger partial charge in [0, 0.05) is 11.3 Å². The standard InChI is InChI=1S/C27H25F3N2O3/c1-16-8-6-9-17(2)23(16)31-25(33)24-21-12-4-5-13-22(21)26(34)32(24)15-18(3)35-20-11-7-10-19(14-20)27(28,29)30/h4-14,18,24H,15H2,1-3H3,(H,31,33). The Morgan fingerprint density at radius 3 is 2.37 bits per heavy atom. The summed E-state index contributed by atoms with van der Waals surface area (Å²) in [5.74, 6) is -0.665. The molecule has 0 saturated carbocycles. The monoisotopic (exact) mass is 482 g/mol. The highest BCUT2D eigenvalue weighted by Gasteiger charge is 2.42. The van der Waals surface area contributed by atoms with Crippen molar-refractivity contribution in [2.75, 3.05) is 11.9 Å². The van der Waals surface area contributed by atoms with Gasteiger partial charge in [-0.1, -0.05) is 42.5 Å². The number of amides is 2. The zero-order chi connectivity index (χ0) is 25.3. The number of alkyl halides is 3. The maximum Gasteiger partial charge on any atom is 0.416 e. The number of hydrogen-bond donors (Lipinski definition) is 1. The average molecular weight is 483 g/mol.